The van der Waals surface area contributed by atoms with Gasteiger partial charge in [0.25, 0.3) is 10.0 Å². The molecule has 0 aliphatic rings. The molecule has 0 heterocycles. The molecule has 33 heavy (non-hydrogen) atoms. The average Bonchev–Trinajstić information content (AvgIpc) is 2.83. The largest absolute Gasteiger partial charge is 0.497 e. The van der Waals surface area contributed by atoms with Gasteiger partial charge in [0.05, 0.1) is 24.8 Å². The van der Waals surface area contributed by atoms with Gasteiger partial charge < -0.3 is 14.8 Å². The molecule has 3 aromatic carbocycles. The molecule has 0 atom stereocenters. The molecule has 0 aromatic heterocycles. The van der Waals surface area contributed by atoms with Crippen LogP contribution in [0.3, 0.4) is 0 Å². The summed E-state index contributed by atoms with van der Waals surface area (Å²) >= 11 is 5.96. The van der Waals surface area contributed by atoms with E-state index in [1.807, 2.05) is 24.3 Å². The number of sulfonamides is 1. The zero-order valence-electron chi connectivity index (χ0n) is 18.3. The monoisotopic (exact) mass is 488 g/mol. The van der Waals surface area contributed by atoms with Crippen molar-refractivity contribution in [3.8, 4) is 11.5 Å². The van der Waals surface area contributed by atoms with Gasteiger partial charge in [-0.15, -0.1) is 0 Å². The summed E-state index contributed by atoms with van der Waals surface area (Å²) in [4.78, 5) is 12.7. The fourth-order valence-corrected chi connectivity index (χ4v) is 4.67. The van der Waals surface area contributed by atoms with Crippen molar-refractivity contribution in [3.05, 3.63) is 83.4 Å². The third kappa shape index (κ3) is 6.40. The molecule has 0 unspecified atom stereocenters. The third-order valence-electron chi connectivity index (χ3n) is 4.94. The zero-order chi connectivity index (χ0) is 23.8. The zero-order valence-corrected chi connectivity index (χ0v) is 19.9. The van der Waals surface area contributed by atoms with Crippen LogP contribution in [-0.2, 0) is 21.2 Å². The maximum atomic E-state index is 13.4. The lowest BCUT2D eigenvalue weighted by molar-refractivity contribution is -0.119. The van der Waals surface area contributed by atoms with E-state index < -0.39 is 15.9 Å². The fraction of sp³-hybridized carbons (Fsp3) is 0.208. The Balaban J connectivity index is 1.74. The molecule has 3 rings (SSSR count). The molecule has 0 spiro atoms. The van der Waals surface area contributed by atoms with E-state index in [-0.39, 0.29) is 11.4 Å². The summed E-state index contributed by atoms with van der Waals surface area (Å²) in [5.74, 6) is 0.865. The van der Waals surface area contributed by atoms with Crippen molar-refractivity contribution in [3.63, 3.8) is 0 Å². The van der Waals surface area contributed by atoms with Crippen molar-refractivity contribution in [2.45, 2.75) is 11.3 Å². The Hall–Kier alpha value is -3.23. The Bertz CT molecular complexity index is 1160. The summed E-state index contributed by atoms with van der Waals surface area (Å²) in [6.45, 7) is -0.0131. The molecule has 0 bridgehead atoms. The summed E-state index contributed by atoms with van der Waals surface area (Å²) in [6, 6.07) is 19.8. The van der Waals surface area contributed by atoms with Crippen molar-refractivity contribution in [1.82, 2.24) is 5.32 Å². The number of rotatable bonds is 10. The number of methoxy groups -OCH3 is 2. The first-order valence-corrected chi connectivity index (χ1v) is 12.0. The van der Waals surface area contributed by atoms with Crippen LogP contribution in [0.15, 0.2) is 77.7 Å². The van der Waals surface area contributed by atoms with Gasteiger partial charge in [-0.1, -0.05) is 23.7 Å². The predicted molar refractivity (Wildman–Crippen MR) is 129 cm³/mol. The molecule has 0 saturated heterocycles. The summed E-state index contributed by atoms with van der Waals surface area (Å²) in [5.41, 5.74) is 1.36. The van der Waals surface area contributed by atoms with Crippen LogP contribution in [0.2, 0.25) is 5.02 Å². The Morgan fingerprint density at radius 3 is 1.97 bits per heavy atom. The topological polar surface area (TPSA) is 84.9 Å². The van der Waals surface area contributed by atoms with Crippen LogP contribution >= 0.6 is 11.6 Å². The highest BCUT2D eigenvalue weighted by molar-refractivity contribution is 7.92. The molecule has 1 amide bonds. The number of hydrogen-bond donors (Lipinski definition) is 1. The predicted octanol–water partition coefficient (Wildman–Crippen LogP) is 3.91. The Morgan fingerprint density at radius 1 is 0.879 bits per heavy atom. The second-order valence-corrected chi connectivity index (χ2v) is 9.41. The van der Waals surface area contributed by atoms with Crippen molar-refractivity contribution < 1.29 is 22.7 Å². The Kier molecular flexibility index (Phi) is 8.19. The number of anilines is 1. The second-order valence-electron chi connectivity index (χ2n) is 7.11. The lowest BCUT2D eigenvalue weighted by Crippen LogP contribution is -2.41. The van der Waals surface area contributed by atoms with E-state index in [4.69, 9.17) is 21.1 Å². The van der Waals surface area contributed by atoms with Crippen LogP contribution < -0.4 is 19.1 Å². The Labute approximate surface area is 198 Å². The highest BCUT2D eigenvalue weighted by Gasteiger charge is 2.27. The van der Waals surface area contributed by atoms with Gasteiger partial charge in [0.1, 0.15) is 18.0 Å². The second kappa shape index (κ2) is 11.1. The molecule has 0 saturated carbocycles. The third-order valence-corrected chi connectivity index (χ3v) is 6.98. The molecule has 0 aliphatic heterocycles. The molecule has 0 radical (unpaired) electrons. The summed E-state index contributed by atoms with van der Waals surface area (Å²) in [5, 5.41) is 3.25. The highest BCUT2D eigenvalue weighted by Crippen LogP contribution is 2.26. The minimum atomic E-state index is -4.01. The maximum Gasteiger partial charge on any atom is 0.264 e. The quantitative estimate of drug-likeness (QED) is 0.467. The molecular weight excluding hydrogens is 464 g/mol. The van der Waals surface area contributed by atoms with Gasteiger partial charge in [-0.05, 0) is 72.6 Å². The van der Waals surface area contributed by atoms with Gasteiger partial charge in [0, 0.05) is 11.6 Å². The van der Waals surface area contributed by atoms with Gasteiger partial charge in [0.15, 0.2) is 0 Å². The van der Waals surface area contributed by atoms with E-state index in [2.05, 4.69) is 5.32 Å². The van der Waals surface area contributed by atoms with Crippen LogP contribution in [0.25, 0.3) is 0 Å². The smallest absolute Gasteiger partial charge is 0.264 e. The van der Waals surface area contributed by atoms with Crippen LogP contribution in [0.1, 0.15) is 5.56 Å². The van der Waals surface area contributed by atoms with Crippen LogP contribution in [-0.4, -0.2) is 41.6 Å². The first-order valence-electron chi connectivity index (χ1n) is 10.2. The van der Waals surface area contributed by atoms with Crippen molar-refractivity contribution >= 4 is 33.2 Å². The first kappa shape index (κ1) is 24.4. The van der Waals surface area contributed by atoms with E-state index in [0.717, 1.165) is 15.6 Å². The Morgan fingerprint density at radius 2 is 1.42 bits per heavy atom. The number of benzene rings is 3. The molecule has 1 N–H and O–H groups in total. The van der Waals surface area contributed by atoms with E-state index >= 15 is 0 Å². The number of nitrogens with one attached hydrogen (secondary N) is 1. The number of halogens is 1. The van der Waals surface area contributed by atoms with E-state index in [9.17, 15) is 13.2 Å². The van der Waals surface area contributed by atoms with Gasteiger partial charge in [-0.3, -0.25) is 9.10 Å². The number of carbonyl (C=O) groups is 1. The lowest BCUT2D eigenvalue weighted by Gasteiger charge is -2.24. The molecule has 0 aliphatic carbocycles. The van der Waals surface area contributed by atoms with Gasteiger partial charge >= 0.3 is 0 Å². The van der Waals surface area contributed by atoms with Crippen LogP contribution in [0.5, 0.6) is 11.5 Å². The minimum absolute atomic E-state index is 0.0456. The van der Waals surface area contributed by atoms with Gasteiger partial charge in [-0.2, -0.15) is 0 Å². The summed E-state index contributed by atoms with van der Waals surface area (Å²) in [7, 11) is -0.913. The normalized spacial score (nSPS) is 11.0. The van der Waals surface area contributed by atoms with Gasteiger partial charge in [-0.25, -0.2) is 8.42 Å². The van der Waals surface area contributed by atoms with Crippen molar-refractivity contribution in [1.29, 1.82) is 0 Å². The number of hydrogen-bond acceptors (Lipinski definition) is 5. The highest BCUT2D eigenvalue weighted by atomic mass is 35.5. The molecule has 174 valence electrons. The summed E-state index contributed by atoms with van der Waals surface area (Å²) < 4.78 is 38.0. The number of amides is 1. The van der Waals surface area contributed by atoms with E-state index in [1.54, 1.807) is 43.5 Å². The van der Waals surface area contributed by atoms with Crippen LogP contribution in [0.4, 0.5) is 5.69 Å². The lowest BCUT2D eigenvalue weighted by atomic mass is 10.1. The summed E-state index contributed by atoms with van der Waals surface area (Å²) in [6.07, 6.45) is 0.599. The van der Waals surface area contributed by atoms with Crippen molar-refractivity contribution in [2.75, 3.05) is 31.6 Å². The molecular formula is C24H25ClN2O5S. The average molecular weight is 489 g/mol. The van der Waals surface area contributed by atoms with E-state index in [0.29, 0.717) is 29.4 Å². The van der Waals surface area contributed by atoms with Gasteiger partial charge in [0.2, 0.25) is 5.91 Å². The number of ether oxygens (including phenoxy) is 2. The molecule has 7 nitrogen and oxygen atoms in total. The minimum Gasteiger partial charge on any atom is -0.497 e. The molecule has 3 aromatic rings. The number of carbonyl (C=O) groups excluding carboxylic acids is 1. The van der Waals surface area contributed by atoms with Crippen LogP contribution in [0, 0.1) is 0 Å². The van der Waals surface area contributed by atoms with E-state index in [1.165, 1.54) is 19.2 Å². The standard InChI is InChI=1S/C24H25ClN2O5S/c1-31-21-9-3-18(4-10-21)15-16-26-24(28)17-27(20-7-5-19(25)6-8-20)33(29,30)23-13-11-22(32-2)12-14-23/h3-14H,15-17H2,1-2H3,(H,26,28). The maximum absolute atomic E-state index is 13.4. The first-order chi connectivity index (χ1) is 15.8. The number of nitrogens with zero attached hydrogens (tertiary/aromatic N) is 1. The SMILES string of the molecule is COc1ccc(CCNC(=O)CN(c2ccc(Cl)cc2)S(=O)(=O)c2ccc(OC)cc2)cc1. The van der Waals surface area contributed by atoms with Crippen molar-refractivity contribution in [2.24, 2.45) is 0 Å². The fourth-order valence-electron chi connectivity index (χ4n) is 3.12. The molecule has 0 fully saturated rings. The molecule has 9 heteroatoms.